The SMILES string of the molecule is N#Cc1ccc(C2CC(COc3ccc(CC(=O)O)cc3)NC2C(F)(F)F)cc1C(F)(F)F. The van der Waals surface area contributed by atoms with E-state index in [2.05, 4.69) is 5.32 Å². The van der Waals surface area contributed by atoms with Gasteiger partial charge in [-0.1, -0.05) is 18.2 Å². The van der Waals surface area contributed by atoms with E-state index >= 15 is 0 Å². The zero-order valence-corrected chi connectivity index (χ0v) is 16.9. The number of carboxylic acid groups (broad SMARTS) is 1. The summed E-state index contributed by atoms with van der Waals surface area (Å²) in [5.41, 5.74) is -1.58. The predicted octanol–water partition coefficient (Wildman–Crippen LogP) is 4.66. The predicted molar refractivity (Wildman–Crippen MR) is 104 cm³/mol. The van der Waals surface area contributed by atoms with Gasteiger partial charge in [-0.05, 0) is 41.8 Å². The van der Waals surface area contributed by atoms with Gasteiger partial charge in [-0.15, -0.1) is 0 Å². The van der Waals surface area contributed by atoms with E-state index < -0.39 is 47.5 Å². The van der Waals surface area contributed by atoms with Crippen LogP contribution in [0.5, 0.6) is 5.75 Å². The molecule has 2 N–H and O–H groups in total. The first kappa shape index (κ1) is 24.4. The van der Waals surface area contributed by atoms with Crippen molar-refractivity contribution >= 4 is 5.97 Å². The molecule has 11 heteroatoms. The molecule has 1 fully saturated rings. The van der Waals surface area contributed by atoms with Gasteiger partial charge in [-0.2, -0.15) is 31.6 Å². The van der Waals surface area contributed by atoms with Crippen LogP contribution in [0.15, 0.2) is 42.5 Å². The lowest BCUT2D eigenvalue weighted by Crippen LogP contribution is -2.44. The van der Waals surface area contributed by atoms with Gasteiger partial charge in [0.1, 0.15) is 18.4 Å². The van der Waals surface area contributed by atoms with Gasteiger partial charge in [0.25, 0.3) is 0 Å². The van der Waals surface area contributed by atoms with Crippen LogP contribution in [-0.2, 0) is 17.4 Å². The molecule has 1 saturated heterocycles. The number of aliphatic carboxylic acids is 1. The summed E-state index contributed by atoms with van der Waals surface area (Å²) < 4.78 is 86.2. The Balaban J connectivity index is 1.77. The van der Waals surface area contributed by atoms with Crippen LogP contribution in [0.1, 0.15) is 34.6 Å². The van der Waals surface area contributed by atoms with Gasteiger partial charge in [0, 0.05) is 12.0 Å². The highest BCUT2D eigenvalue weighted by Crippen LogP contribution is 2.42. The summed E-state index contributed by atoms with van der Waals surface area (Å²) in [6, 6.07) is 7.14. The number of benzene rings is 2. The quantitative estimate of drug-likeness (QED) is 0.598. The molecule has 2 aromatic rings. The lowest BCUT2D eigenvalue weighted by atomic mass is 9.88. The average molecular weight is 472 g/mol. The van der Waals surface area contributed by atoms with E-state index in [1.165, 1.54) is 30.3 Å². The Bertz CT molecular complexity index is 1040. The minimum Gasteiger partial charge on any atom is -0.492 e. The third kappa shape index (κ3) is 5.96. The van der Waals surface area contributed by atoms with Crippen molar-refractivity contribution < 1.29 is 41.0 Å². The molecule has 33 heavy (non-hydrogen) atoms. The van der Waals surface area contributed by atoms with E-state index in [0.717, 1.165) is 12.1 Å². The monoisotopic (exact) mass is 472 g/mol. The fourth-order valence-electron chi connectivity index (χ4n) is 3.85. The van der Waals surface area contributed by atoms with Gasteiger partial charge in [-0.25, -0.2) is 0 Å². The van der Waals surface area contributed by atoms with Crippen molar-refractivity contribution in [1.82, 2.24) is 5.32 Å². The number of carbonyl (C=O) groups is 1. The maximum atomic E-state index is 13.6. The topological polar surface area (TPSA) is 82.3 Å². The smallest absolute Gasteiger partial charge is 0.417 e. The first-order valence-electron chi connectivity index (χ1n) is 9.76. The summed E-state index contributed by atoms with van der Waals surface area (Å²) >= 11 is 0. The van der Waals surface area contributed by atoms with Crippen molar-refractivity contribution in [3.8, 4) is 11.8 Å². The molecule has 1 heterocycles. The number of nitrogens with zero attached hydrogens (tertiary/aromatic N) is 1. The van der Waals surface area contributed by atoms with Crippen LogP contribution in [-0.4, -0.2) is 35.9 Å². The van der Waals surface area contributed by atoms with Gasteiger partial charge >= 0.3 is 18.3 Å². The highest BCUT2D eigenvalue weighted by atomic mass is 19.4. The normalized spacial score (nSPS) is 20.9. The van der Waals surface area contributed by atoms with E-state index in [0.29, 0.717) is 17.4 Å². The van der Waals surface area contributed by atoms with Crippen LogP contribution >= 0.6 is 0 Å². The number of hydrogen-bond donors (Lipinski definition) is 2. The third-order valence-electron chi connectivity index (χ3n) is 5.34. The van der Waals surface area contributed by atoms with Crippen molar-refractivity contribution in [1.29, 1.82) is 5.26 Å². The minimum absolute atomic E-state index is 0.134. The summed E-state index contributed by atoms with van der Waals surface area (Å²) in [5.74, 6) is -2.00. The molecule has 0 spiro atoms. The molecule has 0 amide bonds. The second-order valence-electron chi connectivity index (χ2n) is 7.67. The van der Waals surface area contributed by atoms with Crippen molar-refractivity contribution in [3.63, 3.8) is 0 Å². The molecule has 176 valence electrons. The van der Waals surface area contributed by atoms with Gasteiger partial charge in [0.2, 0.25) is 0 Å². The lowest BCUT2D eigenvalue weighted by Gasteiger charge is -2.23. The van der Waals surface area contributed by atoms with Crippen LogP contribution in [0.3, 0.4) is 0 Å². The Hall–Kier alpha value is -3.26. The molecule has 1 aliphatic heterocycles. The molecular weight excluding hydrogens is 454 g/mol. The number of nitriles is 1. The molecule has 0 aromatic heterocycles. The Morgan fingerprint density at radius 2 is 1.79 bits per heavy atom. The van der Waals surface area contributed by atoms with Crippen LogP contribution < -0.4 is 10.1 Å². The lowest BCUT2D eigenvalue weighted by molar-refractivity contribution is -0.156. The Morgan fingerprint density at radius 3 is 2.33 bits per heavy atom. The summed E-state index contributed by atoms with van der Waals surface area (Å²) in [4.78, 5) is 10.7. The van der Waals surface area contributed by atoms with E-state index in [1.54, 1.807) is 0 Å². The van der Waals surface area contributed by atoms with Crippen LogP contribution in [0, 0.1) is 11.3 Å². The molecule has 3 rings (SSSR count). The zero-order valence-electron chi connectivity index (χ0n) is 16.9. The van der Waals surface area contributed by atoms with Crippen molar-refractivity contribution in [2.75, 3.05) is 6.61 Å². The van der Waals surface area contributed by atoms with E-state index in [4.69, 9.17) is 15.1 Å². The van der Waals surface area contributed by atoms with Gasteiger partial charge in [-0.3, -0.25) is 10.1 Å². The van der Waals surface area contributed by atoms with Crippen LogP contribution in [0.4, 0.5) is 26.3 Å². The average Bonchev–Trinajstić information content (AvgIpc) is 3.17. The highest BCUT2D eigenvalue weighted by molar-refractivity contribution is 5.70. The van der Waals surface area contributed by atoms with E-state index in [9.17, 15) is 31.1 Å². The fraction of sp³-hybridized carbons (Fsp3) is 0.364. The molecule has 0 bridgehead atoms. The number of alkyl halides is 6. The molecule has 3 atom stereocenters. The van der Waals surface area contributed by atoms with E-state index in [-0.39, 0.29) is 25.0 Å². The largest absolute Gasteiger partial charge is 0.492 e. The number of ether oxygens (including phenoxy) is 1. The van der Waals surface area contributed by atoms with Crippen molar-refractivity contribution in [2.45, 2.75) is 43.2 Å². The van der Waals surface area contributed by atoms with Gasteiger partial charge in [0.05, 0.1) is 23.6 Å². The maximum absolute atomic E-state index is 13.6. The molecule has 1 aliphatic rings. The molecule has 2 aromatic carbocycles. The number of rotatable bonds is 6. The third-order valence-corrected chi connectivity index (χ3v) is 5.34. The number of carboxylic acids is 1. The molecular formula is C22H18F6N2O3. The Kier molecular flexibility index (Phi) is 6.88. The maximum Gasteiger partial charge on any atom is 0.417 e. The van der Waals surface area contributed by atoms with Crippen molar-refractivity contribution in [2.24, 2.45) is 0 Å². The molecule has 0 aliphatic carbocycles. The van der Waals surface area contributed by atoms with E-state index in [1.807, 2.05) is 0 Å². The number of halogens is 6. The Morgan fingerprint density at radius 1 is 1.12 bits per heavy atom. The highest BCUT2D eigenvalue weighted by Gasteiger charge is 2.51. The second-order valence-corrected chi connectivity index (χ2v) is 7.67. The molecule has 0 radical (unpaired) electrons. The van der Waals surface area contributed by atoms with Crippen molar-refractivity contribution in [3.05, 3.63) is 64.7 Å². The summed E-state index contributed by atoms with van der Waals surface area (Å²) in [5, 5.41) is 20.1. The molecule has 3 unspecified atom stereocenters. The van der Waals surface area contributed by atoms with Crippen LogP contribution in [0.2, 0.25) is 0 Å². The zero-order chi connectivity index (χ0) is 24.4. The van der Waals surface area contributed by atoms with Gasteiger partial charge < -0.3 is 9.84 Å². The first-order valence-corrected chi connectivity index (χ1v) is 9.76. The summed E-state index contributed by atoms with van der Waals surface area (Å²) in [7, 11) is 0. The summed E-state index contributed by atoms with van der Waals surface area (Å²) in [6.45, 7) is -0.177. The number of nitrogens with one attached hydrogen (secondary N) is 1. The number of hydrogen-bond acceptors (Lipinski definition) is 4. The minimum atomic E-state index is -4.88. The Labute approximate surface area is 184 Å². The molecule has 5 nitrogen and oxygen atoms in total. The second kappa shape index (κ2) is 9.31. The summed E-state index contributed by atoms with van der Waals surface area (Å²) in [6.07, 6.45) is -9.92. The first-order chi connectivity index (χ1) is 15.4. The standard InChI is InChI=1S/C22H18F6N2O3/c23-21(24,25)18-8-13(3-4-14(18)10-29)17-9-15(30-20(17)22(26,27)28)11-33-16-5-1-12(2-6-16)7-19(31)32/h1-6,8,15,17,20,30H,7,9,11H2,(H,31,32). The molecule has 0 saturated carbocycles. The fourth-order valence-corrected chi connectivity index (χ4v) is 3.85. The van der Waals surface area contributed by atoms with Crippen LogP contribution in [0.25, 0.3) is 0 Å². The van der Waals surface area contributed by atoms with Gasteiger partial charge in [0.15, 0.2) is 0 Å².